The van der Waals surface area contributed by atoms with Crippen molar-refractivity contribution in [2.75, 3.05) is 0 Å². The molecule has 0 saturated heterocycles. The highest BCUT2D eigenvalue weighted by Crippen LogP contribution is 2.31. The third-order valence-electron chi connectivity index (χ3n) is 5.69. The monoisotopic (exact) mass is 371 g/mol. The van der Waals surface area contributed by atoms with Gasteiger partial charge >= 0.3 is 5.97 Å². The van der Waals surface area contributed by atoms with E-state index in [1.807, 2.05) is 0 Å². The number of halogens is 1. The summed E-state index contributed by atoms with van der Waals surface area (Å²) in [6.07, 6.45) is 5.88. The van der Waals surface area contributed by atoms with Crippen LogP contribution in [0.4, 0.5) is 4.39 Å². The molecule has 1 aromatic carbocycles. The zero-order valence-electron chi connectivity index (χ0n) is 15.0. The molecule has 142 valence electrons. The standard InChI is InChI=1S/C20H22FN3O3/c21-13-7-9-14(10-8-13)24-16-6-4-5-15(16)17(23-24)18(25)22-20(19(26)27)11-2-1-3-12-20/h7-10H,1-6,11-12H2,(H,22,25)(H,26,27). The van der Waals surface area contributed by atoms with E-state index in [-0.39, 0.29) is 11.5 Å². The van der Waals surface area contributed by atoms with Gasteiger partial charge in [-0.25, -0.2) is 13.9 Å². The van der Waals surface area contributed by atoms with Gasteiger partial charge in [-0.3, -0.25) is 4.79 Å². The van der Waals surface area contributed by atoms with E-state index < -0.39 is 17.4 Å². The Labute approximate surface area is 156 Å². The summed E-state index contributed by atoms with van der Waals surface area (Å²) in [5.41, 5.74) is 1.59. The minimum Gasteiger partial charge on any atom is -0.480 e. The van der Waals surface area contributed by atoms with Gasteiger partial charge in [-0.05, 0) is 56.4 Å². The van der Waals surface area contributed by atoms with E-state index in [1.165, 1.54) is 12.1 Å². The van der Waals surface area contributed by atoms with Gasteiger partial charge < -0.3 is 10.4 Å². The number of aliphatic carboxylic acids is 1. The first-order valence-electron chi connectivity index (χ1n) is 9.43. The van der Waals surface area contributed by atoms with Crippen molar-refractivity contribution in [2.45, 2.75) is 56.9 Å². The van der Waals surface area contributed by atoms with Gasteiger partial charge in [-0.2, -0.15) is 5.10 Å². The summed E-state index contributed by atoms with van der Waals surface area (Å²) in [6, 6.07) is 5.98. The number of carboxylic acid groups (broad SMARTS) is 1. The largest absolute Gasteiger partial charge is 0.480 e. The number of aromatic nitrogens is 2. The number of carboxylic acids is 1. The number of carbonyl (C=O) groups is 2. The second-order valence-electron chi connectivity index (χ2n) is 7.42. The lowest BCUT2D eigenvalue weighted by atomic mass is 9.81. The molecule has 6 nitrogen and oxygen atoms in total. The maximum atomic E-state index is 13.2. The fourth-order valence-electron chi connectivity index (χ4n) is 4.24. The second kappa shape index (κ2) is 6.79. The highest BCUT2D eigenvalue weighted by molar-refractivity contribution is 5.98. The summed E-state index contributed by atoms with van der Waals surface area (Å²) in [7, 11) is 0. The fourth-order valence-corrected chi connectivity index (χ4v) is 4.24. The van der Waals surface area contributed by atoms with E-state index in [0.29, 0.717) is 18.5 Å². The van der Waals surface area contributed by atoms with Crippen molar-refractivity contribution in [3.05, 3.63) is 47.0 Å². The number of hydrogen-bond acceptors (Lipinski definition) is 3. The van der Waals surface area contributed by atoms with Crippen molar-refractivity contribution in [1.29, 1.82) is 0 Å². The summed E-state index contributed by atoms with van der Waals surface area (Å²) < 4.78 is 14.9. The van der Waals surface area contributed by atoms with Crippen molar-refractivity contribution in [2.24, 2.45) is 0 Å². The van der Waals surface area contributed by atoms with Crippen LogP contribution in [0, 0.1) is 5.82 Å². The summed E-state index contributed by atoms with van der Waals surface area (Å²) in [5.74, 6) is -1.75. The minimum atomic E-state index is -1.21. The fraction of sp³-hybridized carbons (Fsp3) is 0.450. The number of nitrogens with zero attached hydrogens (tertiary/aromatic N) is 2. The van der Waals surface area contributed by atoms with Gasteiger partial charge in [-0.15, -0.1) is 0 Å². The molecule has 2 aromatic rings. The van der Waals surface area contributed by atoms with E-state index in [2.05, 4.69) is 10.4 Å². The first-order chi connectivity index (χ1) is 13.0. The molecule has 7 heteroatoms. The average molecular weight is 371 g/mol. The zero-order chi connectivity index (χ0) is 19.0. The highest BCUT2D eigenvalue weighted by atomic mass is 19.1. The molecule has 2 aliphatic rings. The van der Waals surface area contributed by atoms with Crippen LogP contribution in [0.1, 0.15) is 60.3 Å². The lowest BCUT2D eigenvalue weighted by Gasteiger charge is -2.33. The van der Waals surface area contributed by atoms with Gasteiger partial charge in [0.05, 0.1) is 5.69 Å². The van der Waals surface area contributed by atoms with Gasteiger partial charge in [0, 0.05) is 11.3 Å². The number of rotatable bonds is 4. The number of amides is 1. The Morgan fingerprint density at radius 3 is 2.44 bits per heavy atom. The summed E-state index contributed by atoms with van der Waals surface area (Å²) >= 11 is 0. The SMILES string of the molecule is O=C(NC1(C(=O)O)CCCCC1)c1nn(-c2ccc(F)cc2)c2c1CCC2. The normalized spacial score (nSPS) is 18.1. The second-order valence-corrected chi connectivity index (χ2v) is 7.42. The van der Waals surface area contributed by atoms with E-state index in [0.717, 1.165) is 49.8 Å². The van der Waals surface area contributed by atoms with E-state index >= 15 is 0 Å². The molecule has 1 saturated carbocycles. The van der Waals surface area contributed by atoms with Crippen LogP contribution in [0.2, 0.25) is 0 Å². The van der Waals surface area contributed by atoms with Crippen molar-refractivity contribution in [1.82, 2.24) is 15.1 Å². The Bertz CT molecular complexity index is 883. The average Bonchev–Trinajstić information content (AvgIpc) is 3.26. The lowest BCUT2D eigenvalue weighted by molar-refractivity contribution is -0.145. The van der Waals surface area contributed by atoms with Gasteiger partial charge in [0.25, 0.3) is 5.91 Å². The number of carbonyl (C=O) groups excluding carboxylic acids is 1. The molecular weight excluding hydrogens is 349 g/mol. The van der Waals surface area contributed by atoms with Crippen LogP contribution in [-0.4, -0.2) is 32.3 Å². The summed E-state index contributed by atoms with van der Waals surface area (Å²) in [6.45, 7) is 0. The molecule has 0 bridgehead atoms. The van der Waals surface area contributed by atoms with Crippen molar-refractivity contribution >= 4 is 11.9 Å². The lowest BCUT2D eigenvalue weighted by Crippen LogP contribution is -2.55. The van der Waals surface area contributed by atoms with Crippen molar-refractivity contribution in [3.63, 3.8) is 0 Å². The molecule has 27 heavy (non-hydrogen) atoms. The predicted octanol–water partition coefficient (Wildman–Crippen LogP) is 3.02. The Kier molecular flexibility index (Phi) is 4.45. The molecule has 1 aromatic heterocycles. The quantitative estimate of drug-likeness (QED) is 0.865. The molecule has 0 atom stereocenters. The third kappa shape index (κ3) is 3.11. The Morgan fingerprint density at radius 2 is 1.78 bits per heavy atom. The Hall–Kier alpha value is -2.70. The molecular formula is C20H22FN3O3. The van der Waals surface area contributed by atoms with E-state index in [9.17, 15) is 19.1 Å². The summed E-state index contributed by atoms with van der Waals surface area (Å²) in [5, 5.41) is 17.0. The first-order valence-corrected chi connectivity index (χ1v) is 9.43. The number of benzene rings is 1. The van der Waals surface area contributed by atoms with Gasteiger partial charge in [-0.1, -0.05) is 19.3 Å². The third-order valence-corrected chi connectivity index (χ3v) is 5.69. The van der Waals surface area contributed by atoms with Crippen LogP contribution in [0.25, 0.3) is 5.69 Å². The van der Waals surface area contributed by atoms with Gasteiger partial charge in [0.2, 0.25) is 0 Å². The molecule has 1 fully saturated rings. The Balaban J connectivity index is 1.67. The molecule has 2 aliphatic carbocycles. The van der Waals surface area contributed by atoms with Crippen molar-refractivity contribution < 1.29 is 19.1 Å². The van der Waals surface area contributed by atoms with Crippen LogP contribution in [-0.2, 0) is 17.6 Å². The van der Waals surface area contributed by atoms with Crippen LogP contribution >= 0.6 is 0 Å². The van der Waals surface area contributed by atoms with Crippen LogP contribution < -0.4 is 5.32 Å². The van der Waals surface area contributed by atoms with Crippen LogP contribution in [0.3, 0.4) is 0 Å². The van der Waals surface area contributed by atoms with Gasteiger partial charge in [0.15, 0.2) is 5.69 Å². The molecule has 0 unspecified atom stereocenters. The Morgan fingerprint density at radius 1 is 1.07 bits per heavy atom. The van der Waals surface area contributed by atoms with Crippen LogP contribution in [0.15, 0.2) is 24.3 Å². The molecule has 0 radical (unpaired) electrons. The molecule has 0 aliphatic heterocycles. The number of nitrogens with one attached hydrogen (secondary N) is 1. The maximum Gasteiger partial charge on any atom is 0.329 e. The molecule has 1 heterocycles. The highest BCUT2D eigenvalue weighted by Gasteiger charge is 2.42. The molecule has 4 rings (SSSR count). The maximum absolute atomic E-state index is 13.2. The van der Waals surface area contributed by atoms with Crippen LogP contribution in [0.5, 0.6) is 0 Å². The number of fused-ring (bicyclic) bond motifs is 1. The van der Waals surface area contributed by atoms with Crippen molar-refractivity contribution in [3.8, 4) is 5.69 Å². The zero-order valence-corrected chi connectivity index (χ0v) is 15.0. The smallest absolute Gasteiger partial charge is 0.329 e. The topological polar surface area (TPSA) is 84.2 Å². The molecule has 0 spiro atoms. The first kappa shape index (κ1) is 17.7. The predicted molar refractivity (Wildman–Crippen MR) is 96.5 cm³/mol. The minimum absolute atomic E-state index is 0.290. The number of hydrogen-bond donors (Lipinski definition) is 2. The summed E-state index contributed by atoms with van der Waals surface area (Å²) in [4.78, 5) is 24.8. The van der Waals surface area contributed by atoms with Gasteiger partial charge in [0.1, 0.15) is 11.4 Å². The molecule has 1 amide bonds. The molecule has 2 N–H and O–H groups in total. The van der Waals surface area contributed by atoms with E-state index in [1.54, 1.807) is 16.8 Å². The van der Waals surface area contributed by atoms with E-state index in [4.69, 9.17) is 0 Å².